The minimum absolute atomic E-state index is 0.0538. The van der Waals surface area contributed by atoms with Gasteiger partial charge in [-0.15, -0.1) is 0 Å². The second-order valence-corrected chi connectivity index (χ2v) is 5.75. The van der Waals surface area contributed by atoms with Crippen molar-refractivity contribution in [3.63, 3.8) is 0 Å². The Morgan fingerprint density at radius 1 is 1.35 bits per heavy atom. The third-order valence-electron chi connectivity index (χ3n) is 3.02. The predicted molar refractivity (Wildman–Crippen MR) is 72.1 cm³/mol. The van der Waals surface area contributed by atoms with Crippen LogP contribution in [0.2, 0.25) is 0 Å². The van der Waals surface area contributed by atoms with Crippen molar-refractivity contribution in [2.75, 3.05) is 0 Å². The number of aryl methyl sites for hydroxylation is 1. The number of nitrogens with zero attached hydrogens (tertiary/aromatic N) is 1. The Labute approximate surface area is 104 Å². The summed E-state index contributed by atoms with van der Waals surface area (Å²) in [6, 6.07) is 3.83. The summed E-state index contributed by atoms with van der Waals surface area (Å²) in [5, 5.41) is 0. The smallest absolute Gasteiger partial charge is 0.255 e. The molecule has 0 aliphatic rings. The van der Waals surface area contributed by atoms with Gasteiger partial charge in [0.15, 0.2) is 0 Å². The second-order valence-electron chi connectivity index (χ2n) is 5.75. The maximum absolute atomic E-state index is 12.3. The van der Waals surface area contributed by atoms with Crippen LogP contribution in [0.15, 0.2) is 16.9 Å². The first-order chi connectivity index (χ1) is 7.73. The molecular weight excluding hydrogens is 212 g/mol. The number of aromatic nitrogens is 1. The summed E-state index contributed by atoms with van der Waals surface area (Å²) >= 11 is 0. The van der Waals surface area contributed by atoms with Crippen LogP contribution < -0.4 is 11.3 Å². The zero-order chi connectivity index (χ0) is 13.2. The molecule has 2 N–H and O–H groups in total. The van der Waals surface area contributed by atoms with E-state index in [2.05, 4.69) is 13.8 Å². The molecule has 1 aromatic rings. The molecule has 0 fully saturated rings. The van der Waals surface area contributed by atoms with Crippen molar-refractivity contribution in [2.45, 2.75) is 53.1 Å². The van der Waals surface area contributed by atoms with E-state index in [4.69, 9.17) is 5.73 Å². The Morgan fingerprint density at radius 3 is 2.41 bits per heavy atom. The fraction of sp³-hybridized carbons (Fsp3) is 0.643. The molecule has 17 heavy (non-hydrogen) atoms. The van der Waals surface area contributed by atoms with Crippen LogP contribution >= 0.6 is 0 Å². The van der Waals surface area contributed by atoms with Crippen molar-refractivity contribution in [3.8, 4) is 0 Å². The molecule has 1 heterocycles. The minimum atomic E-state index is -0.579. The van der Waals surface area contributed by atoms with E-state index in [1.54, 1.807) is 0 Å². The molecule has 1 rings (SSSR count). The van der Waals surface area contributed by atoms with Crippen LogP contribution in [-0.4, -0.2) is 4.57 Å². The highest BCUT2D eigenvalue weighted by Crippen LogP contribution is 2.13. The number of hydrogen-bond acceptors (Lipinski definition) is 2. The highest BCUT2D eigenvalue weighted by atomic mass is 16.1. The Bertz CT molecular complexity index is 439. The lowest BCUT2D eigenvalue weighted by Crippen LogP contribution is -2.38. The van der Waals surface area contributed by atoms with Crippen LogP contribution in [0.25, 0.3) is 0 Å². The average Bonchev–Trinajstić information content (AvgIpc) is 2.14. The van der Waals surface area contributed by atoms with Gasteiger partial charge in [-0.3, -0.25) is 4.79 Å². The summed E-state index contributed by atoms with van der Waals surface area (Å²) in [5.41, 5.74) is 7.18. The van der Waals surface area contributed by atoms with Gasteiger partial charge in [0.2, 0.25) is 0 Å². The summed E-state index contributed by atoms with van der Waals surface area (Å²) in [4.78, 5) is 12.3. The van der Waals surface area contributed by atoms with Gasteiger partial charge in [-0.1, -0.05) is 13.8 Å². The molecule has 0 atom stereocenters. The molecule has 0 radical (unpaired) electrons. The number of pyridine rings is 1. The highest BCUT2D eigenvalue weighted by Gasteiger charge is 2.19. The predicted octanol–water partition coefficient (Wildman–Crippen LogP) is 2.40. The highest BCUT2D eigenvalue weighted by molar-refractivity contribution is 5.21. The van der Waals surface area contributed by atoms with Gasteiger partial charge in [-0.05, 0) is 45.2 Å². The Hall–Kier alpha value is -1.09. The van der Waals surface area contributed by atoms with Crippen molar-refractivity contribution < 1.29 is 0 Å². The summed E-state index contributed by atoms with van der Waals surface area (Å²) in [5.74, 6) is 0.593. The Balaban J connectivity index is 3.17. The van der Waals surface area contributed by atoms with E-state index in [0.717, 1.165) is 18.7 Å². The van der Waals surface area contributed by atoms with Crippen LogP contribution in [0, 0.1) is 12.8 Å². The van der Waals surface area contributed by atoms with Crippen LogP contribution in [-0.2, 0) is 12.1 Å². The maximum Gasteiger partial charge on any atom is 0.255 e. The Kier molecular flexibility index (Phi) is 4.15. The van der Waals surface area contributed by atoms with Gasteiger partial charge in [-0.2, -0.15) is 0 Å². The quantitative estimate of drug-likeness (QED) is 0.872. The SMILES string of the molecule is Cc1ccc(C(C)(C)N)c(=O)n1CCC(C)C. The second kappa shape index (κ2) is 5.05. The molecule has 0 saturated heterocycles. The van der Waals surface area contributed by atoms with Gasteiger partial charge < -0.3 is 10.3 Å². The molecule has 3 heteroatoms. The van der Waals surface area contributed by atoms with Gasteiger partial charge in [-0.25, -0.2) is 0 Å². The monoisotopic (exact) mass is 236 g/mol. The molecule has 0 bridgehead atoms. The van der Waals surface area contributed by atoms with E-state index in [0.29, 0.717) is 11.5 Å². The van der Waals surface area contributed by atoms with E-state index < -0.39 is 5.54 Å². The molecule has 0 aromatic carbocycles. The minimum Gasteiger partial charge on any atom is -0.322 e. The van der Waals surface area contributed by atoms with E-state index in [-0.39, 0.29) is 5.56 Å². The van der Waals surface area contributed by atoms with Crippen molar-refractivity contribution in [1.29, 1.82) is 0 Å². The molecule has 0 aliphatic heterocycles. The first kappa shape index (κ1) is 14.0. The van der Waals surface area contributed by atoms with E-state index in [1.807, 2.05) is 37.5 Å². The summed E-state index contributed by atoms with van der Waals surface area (Å²) in [6.07, 6.45) is 1.01. The summed E-state index contributed by atoms with van der Waals surface area (Å²) < 4.78 is 1.84. The summed E-state index contributed by atoms with van der Waals surface area (Å²) in [7, 11) is 0. The molecule has 0 aliphatic carbocycles. The molecule has 0 spiro atoms. The Morgan fingerprint density at radius 2 is 1.94 bits per heavy atom. The third-order valence-corrected chi connectivity index (χ3v) is 3.02. The van der Waals surface area contributed by atoms with Crippen molar-refractivity contribution >= 4 is 0 Å². The number of hydrogen-bond donors (Lipinski definition) is 1. The summed E-state index contributed by atoms with van der Waals surface area (Å²) in [6.45, 7) is 10.8. The van der Waals surface area contributed by atoms with Crippen LogP contribution in [0.5, 0.6) is 0 Å². The van der Waals surface area contributed by atoms with Gasteiger partial charge in [0.05, 0.1) is 0 Å². The van der Waals surface area contributed by atoms with Crippen LogP contribution in [0.4, 0.5) is 0 Å². The molecule has 0 unspecified atom stereocenters. The number of nitrogens with two attached hydrogens (primary N) is 1. The van der Waals surface area contributed by atoms with Crippen molar-refractivity contribution in [2.24, 2.45) is 11.7 Å². The maximum atomic E-state index is 12.3. The first-order valence-electron chi connectivity index (χ1n) is 6.23. The van der Waals surface area contributed by atoms with Crippen LogP contribution in [0.1, 0.15) is 45.4 Å². The fourth-order valence-electron chi connectivity index (χ4n) is 1.83. The fourth-order valence-corrected chi connectivity index (χ4v) is 1.83. The van der Waals surface area contributed by atoms with E-state index >= 15 is 0 Å². The molecule has 3 nitrogen and oxygen atoms in total. The van der Waals surface area contributed by atoms with Gasteiger partial charge >= 0.3 is 0 Å². The topological polar surface area (TPSA) is 48.0 Å². The molecule has 1 aromatic heterocycles. The normalized spacial score (nSPS) is 12.2. The molecule has 96 valence electrons. The van der Waals surface area contributed by atoms with Gasteiger partial charge in [0.25, 0.3) is 5.56 Å². The lowest BCUT2D eigenvalue weighted by Gasteiger charge is -2.21. The molecular formula is C14H24N2O. The standard InChI is InChI=1S/C14H24N2O/c1-10(2)8-9-16-11(3)6-7-12(13(16)17)14(4,5)15/h6-7,10H,8-9,15H2,1-5H3. The largest absolute Gasteiger partial charge is 0.322 e. The third kappa shape index (κ3) is 3.43. The average molecular weight is 236 g/mol. The van der Waals surface area contributed by atoms with Crippen molar-refractivity contribution in [3.05, 3.63) is 33.7 Å². The molecule has 0 saturated carbocycles. The van der Waals surface area contributed by atoms with Crippen molar-refractivity contribution in [1.82, 2.24) is 4.57 Å². The zero-order valence-corrected chi connectivity index (χ0v) is 11.6. The lowest BCUT2D eigenvalue weighted by molar-refractivity contribution is 0.485. The molecule has 0 amide bonds. The van der Waals surface area contributed by atoms with Crippen LogP contribution in [0.3, 0.4) is 0 Å². The van der Waals surface area contributed by atoms with Gasteiger partial charge in [0, 0.05) is 23.3 Å². The first-order valence-corrected chi connectivity index (χ1v) is 6.23. The lowest BCUT2D eigenvalue weighted by atomic mass is 9.96. The van der Waals surface area contributed by atoms with E-state index in [1.165, 1.54) is 0 Å². The number of rotatable bonds is 4. The zero-order valence-electron chi connectivity index (χ0n) is 11.6. The van der Waals surface area contributed by atoms with E-state index in [9.17, 15) is 4.79 Å². The van der Waals surface area contributed by atoms with Gasteiger partial charge in [0.1, 0.15) is 0 Å².